The number of hydrogen-bond acceptors (Lipinski definition) is 8. The molecule has 1 fully saturated rings. The van der Waals surface area contributed by atoms with Crippen molar-refractivity contribution in [1.82, 2.24) is 0 Å². The fourth-order valence-corrected chi connectivity index (χ4v) is 2.13. The molecule has 150 valence electrons. The van der Waals surface area contributed by atoms with Crippen LogP contribution < -0.4 is 0 Å². The summed E-state index contributed by atoms with van der Waals surface area (Å²) in [5.41, 5.74) is 0. The van der Waals surface area contributed by atoms with Gasteiger partial charge in [0, 0.05) is 6.61 Å². The highest BCUT2D eigenvalue weighted by atomic mass is 16.7. The van der Waals surface area contributed by atoms with E-state index >= 15 is 0 Å². The van der Waals surface area contributed by atoms with Crippen molar-refractivity contribution >= 4 is 0 Å². The van der Waals surface area contributed by atoms with Crippen LogP contribution in [0.2, 0.25) is 0 Å². The average molecular weight is 366 g/mol. The zero-order valence-electron chi connectivity index (χ0n) is 15.2. The van der Waals surface area contributed by atoms with Gasteiger partial charge < -0.3 is 38.3 Å². The van der Waals surface area contributed by atoms with Gasteiger partial charge in [-0.3, -0.25) is 0 Å². The summed E-state index contributed by atoms with van der Waals surface area (Å²) < 4.78 is 37.6. The summed E-state index contributed by atoms with van der Waals surface area (Å²) in [6, 6.07) is 0. The molecule has 0 aromatic heterocycles. The first-order chi connectivity index (χ1) is 12.4. The van der Waals surface area contributed by atoms with E-state index in [1.165, 1.54) is 6.42 Å². The lowest BCUT2D eigenvalue weighted by Crippen LogP contribution is -2.24. The van der Waals surface area contributed by atoms with E-state index in [4.69, 9.17) is 38.3 Å². The van der Waals surface area contributed by atoms with Crippen LogP contribution in [0.1, 0.15) is 19.3 Å². The average Bonchev–Trinajstić information content (AvgIpc) is 2.65. The predicted molar refractivity (Wildman–Crippen MR) is 90.7 cm³/mol. The molecule has 0 bridgehead atoms. The minimum absolute atomic E-state index is 0.0390. The summed E-state index contributed by atoms with van der Waals surface area (Å²) in [5, 5.41) is 8.52. The van der Waals surface area contributed by atoms with Gasteiger partial charge in [0.1, 0.15) is 0 Å². The van der Waals surface area contributed by atoms with Gasteiger partial charge in [0.2, 0.25) is 0 Å². The van der Waals surface area contributed by atoms with E-state index in [-0.39, 0.29) is 12.9 Å². The first-order valence-corrected chi connectivity index (χ1v) is 9.16. The van der Waals surface area contributed by atoms with Gasteiger partial charge in [-0.25, -0.2) is 0 Å². The van der Waals surface area contributed by atoms with E-state index in [0.717, 1.165) is 19.4 Å². The Kier molecular flexibility index (Phi) is 16.8. The molecule has 1 aliphatic rings. The van der Waals surface area contributed by atoms with Crippen LogP contribution in [0.5, 0.6) is 0 Å². The van der Waals surface area contributed by atoms with Crippen molar-refractivity contribution < 1.29 is 38.3 Å². The quantitative estimate of drug-likeness (QED) is 0.353. The monoisotopic (exact) mass is 366 g/mol. The molecule has 0 spiro atoms. The normalized spacial score (nSPS) is 17.9. The van der Waals surface area contributed by atoms with Crippen molar-refractivity contribution in [3.05, 3.63) is 0 Å². The third-order valence-electron chi connectivity index (χ3n) is 3.39. The van der Waals surface area contributed by atoms with Crippen LogP contribution in [-0.4, -0.2) is 97.3 Å². The minimum atomic E-state index is -0.0530. The second-order valence-corrected chi connectivity index (χ2v) is 5.45. The van der Waals surface area contributed by atoms with E-state index in [9.17, 15) is 0 Å². The molecule has 0 aromatic carbocycles. The van der Waals surface area contributed by atoms with Gasteiger partial charge in [-0.2, -0.15) is 0 Å². The van der Waals surface area contributed by atoms with E-state index < -0.39 is 0 Å². The number of rotatable bonds is 18. The number of aliphatic hydroxyl groups excluding tert-OH is 1. The Hall–Kier alpha value is -0.320. The van der Waals surface area contributed by atoms with E-state index in [1.807, 2.05) is 0 Å². The molecule has 1 aliphatic heterocycles. The molecule has 0 amide bonds. The van der Waals surface area contributed by atoms with Crippen LogP contribution in [0.4, 0.5) is 0 Å². The highest BCUT2D eigenvalue weighted by molar-refractivity contribution is 4.53. The van der Waals surface area contributed by atoms with Crippen LogP contribution in [0.3, 0.4) is 0 Å². The van der Waals surface area contributed by atoms with Gasteiger partial charge in [0.05, 0.1) is 79.3 Å². The molecule has 0 unspecified atom stereocenters. The van der Waals surface area contributed by atoms with Crippen LogP contribution in [-0.2, 0) is 33.2 Å². The van der Waals surface area contributed by atoms with Crippen molar-refractivity contribution in [2.24, 2.45) is 0 Å². The lowest BCUT2D eigenvalue weighted by Gasteiger charge is -2.22. The smallest absolute Gasteiger partial charge is 0.157 e. The molecule has 1 rings (SSSR count). The van der Waals surface area contributed by atoms with Gasteiger partial charge in [0.15, 0.2) is 6.29 Å². The highest BCUT2D eigenvalue weighted by Crippen LogP contribution is 2.13. The number of hydrogen-bond donors (Lipinski definition) is 1. The predicted octanol–water partition coefficient (Wildman–Crippen LogP) is 0.605. The minimum Gasteiger partial charge on any atom is -0.394 e. The molecule has 0 aliphatic carbocycles. The Morgan fingerprint density at radius 3 is 1.56 bits per heavy atom. The maximum Gasteiger partial charge on any atom is 0.157 e. The molecule has 8 heteroatoms. The standard InChI is InChI=1S/C17H34O8/c18-4-6-19-7-8-20-9-10-21-11-12-22-13-14-23-15-16-25-17-3-1-2-5-24-17/h17-18H,1-16H2/t17-/m1/s1. The largest absolute Gasteiger partial charge is 0.394 e. The molecule has 0 radical (unpaired) electrons. The molecule has 25 heavy (non-hydrogen) atoms. The van der Waals surface area contributed by atoms with Gasteiger partial charge >= 0.3 is 0 Å². The van der Waals surface area contributed by atoms with Crippen molar-refractivity contribution in [1.29, 1.82) is 0 Å². The Morgan fingerprint density at radius 1 is 0.640 bits per heavy atom. The Labute approximate surface area is 150 Å². The Balaban J connectivity index is 1.65. The number of aliphatic hydroxyl groups is 1. The molecule has 1 saturated heterocycles. The van der Waals surface area contributed by atoms with Gasteiger partial charge in [-0.1, -0.05) is 0 Å². The molecular formula is C17H34O8. The maximum atomic E-state index is 8.52. The highest BCUT2D eigenvalue weighted by Gasteiger charge is 2.13. The van der Waals surface area contributed by atoms with Gasteiger partial charge in [0.25, 0.3) is 0 Å². The fraction of sp³-hybridized carbons (Fsp3) is 1.00. The van der Waals surface area contributed by atoms with Crippen LogP contribution in [0.15, 0.2) is 0 Å². The summed E-state index contributed by atoms with van der Waals surface area (Å²) in [6.07, 6.45) is 3.23. The second kappa shape index (κ2) is 18.5. The van der Waals surface area contributed by atoms with E-state index in [0.29, 0.717) is 72.7 Å². The van der Waals surface area contributed by atoms with Crippen molar-refractivity contribution in [3.63, 3.8) is 0 Å². The summed E-state index contributed by atoms with van der Waals surface area (Å²) in [4.78, 5) is 0. The number of ether oxygens (including phenoxy) is 7. The van der Waals surface area contributed by atoms with Crippen LogP contribution in [0, 0.1) is 0 Å². The van der Waals surface area contributed by atoms with Crippen LogP contribution >= 0.6 is 0 Å². The Morgan fingerprint density at radius 2 is 1.12 bits per heavy atom. The van der Waals surface area contributed by atoms with Crippen LogP contribution in [0.25, 0.3) is 0 Å². The van der Waals surface area contributed by atoms with E-state index in [2.05, 4.69) is 0 Å². The molecule has 8 nitrogen and oxygen atoms in total. The molecule has 1 N–H and O–H groups in total. The van der Waals surface area contributed by atoms with Gasteiger partial charge in [-0.05, 0) is 19.3 Å². The van der Waals surface area contributed by atoms with Gasteiger partial charge in [-0.15, -0.1) is 0 Å². The van der Waals surface area contributed by atoms with E-state index in [1.54, 1.807) is 0 Å². The topological polar surface area (TPSA) is 84.8 Å². The Bertz CT molecular complexity index is 261. The first-order valence-electron chi connectivity index (χ1n) is 9.16. The molecule has 1 atom stereocenters. The lowest BCUT2D eigenvalue weighted by atomic mass is 10.2. The van der Waals surface area contributed by atoms with Crippen molar-refractivity contribution in [2.75, 3.05) is 85.9 Å². The summed E-state index contributed by atoms with van der Waals surface area (Å²) >= 11 is 0. The third-order valence-corrected chi connectivity index (χ3v) is 3.39. The lowest BCUT2D eigenvalue weighted by molar-refractivity contribution is -0.169. The van der Waals surface area contributed by atoms with Crippen molar-refractivity contribution in [2.45, 2.75) is 25.6 Å². The second-order valence-electron chi connectivity index (χ2n) is 5.45. The maximum absolute atomic E-state index is 8.52. The zero-order chi connectivity index (χ0) is 17.8. The summed E-state index contributed by atoms with van der Waals surface area (Å²) in [6.45, 7) is 6.51. The summed E-state index contributed by atoms with van der Waals surface area (Å²) in [5.74, 6) is 0. The third kappa shape index (κ3) is 15.6. The SMILES string of the molecule is OCCOCCOCCOCCOCCOCCO[C@@H]1CCCCO1. The first kappa shape index (κ1) is 22.7. The molecule has 0 aromatic rings. The molecular weight excluding hydrogens is 332 g/mol. The molecule has 1 heterocycles. The fourth-order valence-electron chi connectivity index (χ4n) is 2.13. The molecule has 0 saturated carbocycles. The van der Waals surface area contributed by atoms with Crippen molar-refractivity contribution in [3.8, 4) is 0 Å². The zero-order valence-corrected chi connectivity index (χ0v) is 15.2. The summed E-state index contributed by atoms with van der Waals surface area (Å²) in [7, 11) is 0.